The van der Waals surface area contributed by atoms with Crippen molar-refractivity contribution >= 4 is 27.3 Å². The molecule has 0 heterocycles. The Morgan fingerprint density at radius 1 is 0.903 bits per heavy atom. The number of benzene rings is 3. The van der Waals surface area contributed by atoms with Crippen LogP contribution >= 0.6 is 0 Å². The van der Waals surface area contributed by atoms with Gasteiger partial charge >= 0.3 is 0 Å². The lowest BCUT2D eigenvalue weighted by molar-refractivity contribution is -0.114. The van der Waals surface area contributed by atoms with E-state index in [4.69, 9.17) is 0 Å². The van der Waals surface area contributed by atoms with Crippen LogP contribution in [-0.2, 0) is 21.2 Å². The number of hydrogen-bond acceptors (Lipinski definition) is 3. The molecule has 0 aliphatic rings. The lowest BCUT2D eigenvalue weighted by Crippen LogP contribution is -2.38. The SMILES string of the molecule is CCc1ccccc1NC(=O)CN(c1ccc(C(C)C)cc1)S(=O)(=O)c1ccccc1. The Bertz CT molecular complexity index is 1120. The summed E-state index contributed by atoms with van der Waals surface area (Å²) in [5.74, 6) is -0.0737. The number of nitrogens with one attached hydrogen (secondary N) is 1. The summed E-state index contributed by atoms with van der Waals surface area (Å²) in [6.45, 7) is 5.84. The van der Waals surface area contributed by atoms with Gasteiger partial charge in [0.25, 0.3) is 10.0 Å². The summed E-state index contributed by atoms with van der Waals surface area (Å²) in [6, 6.07) is 23.0. The summed E-state index contributed by atoms with van der Waals surface area (Å²) in [5.41, 5.74) is 3.24. The fraction of sp³-hybridized carbons (Fsp3) is 0.240. The standard InChI is InChI=1S/C25H28N2O3S/c1-4-20-10-8-9-13-24(20)26-25(28)18-27(22-16-14-21(15-17-22)19(2)3)31(29,30)23-11-6-5-7-12-23/h5-17,19H,4,18H2,1-3H3,(H,26,28). The van der Waals surface area contributed by atoms with Crippen LogP contribution in [-0.4, -0.2) is 20.9 Å². The van der Waals surface area contributed by atoms with E-state index in [1.165, 1.54) is 12.1 Å². The second-order valence-corrected chi connectivity index (χ2v) is 9.49. The molecule has 5 nitrogen and oxygen atoms in total. The summed E-state index contributed by atoms with van der Waals surface area (Å²) in [6.07, 6.45) is 0.763. The van der Waals surface area contributed by atoms with Gasteiger partial charge in [-0.1, -0.05) is 69.3 Å². The smallest absolute Gasteiger partial charge is 0.264 e. The summed E-state index contributed by atoms with van der Waals surface area (Å²) in [7, 11) is -3.92. The van der Waals surface area contributed by atoms with Gasteiger partial charge in [0.15, 0.2) is 0 Å². The van der Waals surface area contributed by atoms with Gasteiger partial charge in [-0.3, -0.25) is 9.10 Å². The molecule has 6 heteroatoms. The second kappa shape index (κ2) is 9.79. The van der Waals surface area contributed by atoms with Crippen LogP contribution in [0.15, 0.2) is 83.8 Å². The van der Waals surface area contributed by atoms with Gasteiger partial charge in [-0.25, -0.2) is 8.42 Å². The Balaban J connectivity index is 1.95. The molecule has 1 amide bonds. The van der Waals surface area contributed by atoms with Gasteiger partial charge in [-0.15, -0.1) is 0 Å². The number of rotatable bonds is 8. The van der Waals surface area contributed by atoms with Gasteiger partial charge in [0.05, 0.1) is 10.6 Å². The predicted octanol–water partition coefficient (Wildman–Crippen LogP) is 5.21. The van der Waals surface area contributed by atoms with Crippen molar-refractivity contribution in [1.29, 1.82) is 0 Å². The third-order valence-electron chi connectivity index (χ3n) is 5.14. The fourth-order valence-electron chi connectivity index (χ4n) is 3.33. The van der Waals surface area contributed by atoms with Gasteiger partial charge in [-0.05, 0) is 53.8 Å². The zero-order valence-corrected chi connectivity index (χ0v) is 18.9. The van der Waals surface area contributed by atoms with Gasteiger partial charge in [-0.2, -0.15) is 0 Å². The molecule has 3 aromatic rings. The van der Waals surface area contributed by atoms with E-state index in [9.17, 15) is 13.2 Å². The lowest BCUT2D eigenvalue weighted by Gasteiger charge is -2.25. The first-order valence-electron chi connectivity index (χ1n) is 10.4. The average Bonchev–Trinajstić information content (AvgIpc) is 2.78. The van der Waals surface area contributed by atoms with Crippen molar-refractivity contribution in [2.75, 3.05) is 16.2 Å². The number of hydrogen-bond donors (Lipinski definition) is 1. The highest BCUT2D eigenvalue weighted by molar-refractivity contribution is 7.92. The molecule has 0 atom stereocenters. The monoisotopic (exact) mass is 436 g/mol. The Labute approximate surface area is 184 Å². The average molecular weight is 437 g/mol. The van der Waals surface area contributed by atoms with Crippen LogP contribution in [0.3, 0.4) is 0 Å². The molecular weight excluding hydrogens is 408 g/mol. The minimum Gasteiger partial charge on any atom is -0.324 e. The third kappa shape index (κ3) is 5.33. The Hall–Kier alpha value is -3.12. The maximum absolute atomic E-state index is 13.4. The highest BCUT2D eigenvalue weighted by Gasteiger charge is 2.27. The van der Waals surface area contributed by atoms with Crippen molar-refractivity contribution in [3.8, 4) is 0 Å². The number of aryl methyl sites for hydroxylation is 1. The molecule has 0 bridgehead atoms. The number of amides is 1. The molecule has 0 unspecified atom stereocenters. The van der Waals surface area contributed by atoms with E-state index in [-0.39, 0.29) is 11.4 Å². The fourth-order valence-corrected chi connectivity index (χ4v) is 4.77. The first kappa shape index (κ1) is 22.6. The van der Waals surface area contributed by atoms with E-state index >= 15 is 0 Å². The topological polar surface area (TPSA) is 66.5 Å². The van der Waals surface area contributed by atoms with Crippen molar-refractivity contribution in [3.05, 3.63) is 90.0 Å². The molecule has 0 aromatic heterocycles. The minimum absolute atomic E-state index is 0.143. The summed E-state index contributed by atoms with van der Waals surface area (Å²) >= 11 is 0. The molecule has 31 heavy (non-hydrogen) atoms. The number of para-hydroxylation sites is 1. The number of carbonyl (C=O) groups excluding carboxylic acids is 1. The molecular formula is C25H28N2O3S. The lowest BCUT2D eigenvalue weighted by atomic mass is 10.0. The zero-order valence-electron chi connectivity index (χ0n) is 18.1. The van der Waals surface area contributed by atoms with Crippen molar-refractivity contribution < 1.29 is 13.2 Å². The van der Waals surface area contributed by atoms with Gasteiger partial charge < -0.3 is 5.32 Å². The minimum atomic E-state index is -3.92. The van der Waals surface area contributed by atoms with Crippen LogP contribution in [0.4, 0.5) is 11.4 Å². The van der Waals surface area contributed by atoms with Crippen LogP contribution < -0.4 is 9.62 Å². The second-order valence-electron chi connectivity index (χ2n) is 7.63. The zero-order chi connectivity index (χ0) is 22.4. The predicted molar refractivity (Wildman–Crippen MR) is 126 cm³/mol. The Morgan fingerprint density at radius 3 is 2.13 bits per heavy atom. The molecule has 0 spiro atoms. The first-order chi connectivity index (χ1) is 14.8. The number of anilines is 2. The largest absolute Gasteiger partial charge is 0.324 e. The summed E-state index contributed by atoms with van der Waals surface area (Å²) in [4.78, 5) is 13.0. The number of sulfonamides is 1. The van der Waals surface area contributed by atoms with Crippen LogP contribution in [0, 0.1) is 0 Å². The van der Waals surface area contributed by atoms with E-state index in [2.05, 4.69) is 19.2 Å². The van der Waals surface area contributed by atoms with Crippen LogP contribution in [0.25, 0.3) is 0 Å². The van der Waals surface area contributed by atoms with E-state index in [1.54, 1.807) is 30.3 Å². The van der Waals surface area contributed by atoms with Crippen molar-refractivity contribution in [2.45, 2.75) is 38.0 Å². The summed E-state index contributed by atoms with van der Waals surface area (Å²) < 4.78 is 28.0. The van der Waals surface area contributed by atoms with E-state index in [1.807, 2.05) is 43.3 Å². The van der Waals surface area contributed by atoms with Crippen molar-refractivity contribution in [3.63, 3.8) is 0 Å². The molecule has 1 N–H and O–H groups in total. The first-order valence-corrected chi connectivity index (χ1v) is 11.8. The Kier molecular flexibility index (Phi) is 7.13. The molecule has 0 saturated carbocycles. The van der Waals surface area contributed by atoms with Crippen LogP contribution in [0.1, 0.15) is 37.8 Å². The maximum Gasteiger partial charge on any atom is 0.264 e. The maximum atomic E-state index is 13.4. The molecule has 0 saturated heterocycles. The molecule has 3 rings (SSSR count). The molecule has 3 aromatic carbocycles. The highest BCUT2D eigenvalue weighted by Crippen LogP contribution is 2.26. The Morgan fingerprint density at radius 2 is 1.52 bits per heavy atom. The quantitative estimate of drug-likeness (QED) is 0.527. The third-order valence-corrected chi connectivity index (χ3v) is 6.93. The van der Waals surface area contributed by atoms with Crippen LogP contribution in [0.5, 0.6) is 0 Å². The van der Waals surface area contributed by atoms with Crippen molar-refractivity contribution in [2.24, 2.45) is 0 Å². The molecule has 0 radical (unpaired) electrons. The molecule has 162 valence electrons. The van der Waals surface area contributed by atoms with E-state index in [0.717, 1.165) is 21.9 Å². The summed E-state index contributed by atoms with van der Waals surface area (Å²) in [5, 5.41) is 2.87. The van der Waals surface area contributed by atoms with Gasteiger partial charge in [0.1, 0.15) is 6.54 Å². The van der Waals surface area contributed by atoms with Gasteiger partial charge in [0.2, 0.25) is 5.91 Å². The number of carbonyl (C=O) groups is 1. The van der Waals surface area contributed by atoms with Gasteiger partial charge in [0, 0.05) is 5.69 Å². The molecule has 0 aliphatic carbocycles. The number of nitrogens with zero attached hydrogens (tertiary/aromatic N) is 1. The van der Waals surface area contributed by atoms with Crippen LogP contribution in [0.2, 0.25) is 0 Å². The molecule has 0 aliphatic heterocycles. The highest BCUT2D eigenvalue weighted by atomic mass is 32.2. The van der Waals surface area contributed by atoms with Crippen molar-refractivity contribution in [1.82, 2.24) is 0 Å². The van der Waals surface area contributed by atoms with E-state index in [0.29, 0.717) is 17.3 Å². The van der Waals surface area contributed by atoms with E-state index < -0.39 is 15.9 Å². The normalized spacial score (nSPS) is 11.4. The molecule has 0 fully saturated rings.